The van der Waals surface area contributed by atoms with Crippen LogP contribution in [0.25, 0.3) is 0 Å². The first-order valence-electron chi connectivity index (χ1n) is 6.78. The summed E-state index contributed by atoms with van der Waals surface area (Å²) in [5, 5.41) is -0.0419. The molecule has 5 nitrogen and oxygen atoms in total. The lowest BCUT2D eigenvalue weighted by atomic mass is 10.1. The van der Waals surface area contributed by atoms with Gasteiger partial charge in [0.05, 0.1) is 5.25 Å². The Morgan fingerprint density at radius 3 is 2.71 bits per heavy atom. The molecule has 1 amide bonds. The summed E-state index contributed by atoms with van der Waals surface area (Å²) in [4.78, 5) is 14.1. The van der Waals surface area contributed by atoms with Crippen LogP contribution in [0, 0.1) is 0 Å². The lowest BCUT2D eigenvalue weighted by Gasteiger charge is -2.33. The van der Waals surface area contributed by atoms with E-state index in [9.17, 15) is 13.2 Å². The number of sulfonamides is 1. The Labute approximate surface area is 130 Å². The number of halogens is 1. The van der Waals surface area contributed by atoms with Gasteiger partial charge in [0.15, 0.2) is 0 Å². The molecule has 1 heterocycles. The van der Waals surface area contributed by atoms with Crippen molar-refractivity contribution in [2.75, 3.05) is 27.2 Å². The van der Waals surface area contributed by atoms with Gasteiger partial charge in [0.1, 0.15) is 0 Å². The fourth-order valence-corrected chi connectivity index (χ4v) is 4.09. The van der Waals surface area contributed by atoms with Gasteiger partial charge in [-0.05, 0) is 31.0 Å². The number of benzene rings is 1. The Hall–Kier alpha value is -1.11. The van der Waals surface area contributed by atoms with Crippen LogP contribution in [0.5, 0.6) is 0 Å². The molecule has 0 radical (unpaired) electrons. The largest absolute Gasteiger partial charge is 0.337 e. The van der Waals surface area contributed by atoms with Crippen molar-refractivity contribution in [1.29, 1.82) is 0 Å². The molecule has 1 aromatic carbocycles. The van der Waals surface area contributed by atoms with Gasteiger partial charge in [-0.1, -0.05) is 17.7 Å². The van der Waals surface area contributed by atoms with Gasteiger partial charge in [-0.15, -0.1) is 0 Å². The van der Waals surface area contributed by atoms with E-state index >= 15 is 0 Å². The molecule has 21 heavy (non-hydrogen) atoms. The van der Waals surface area contributed by atoms with Crippen molar-refractivity contribution in [3.05, 3.63) is 34.9 Å². The number of piperidine rings is 1. The average Bonchev–Trinajstić information content (AvgIpc) is 2.46. The number of rotatable bonds is 3. The molecule has 7 heteroatoms. The van der Waals surface area contributed by atoms with E-state index < -0.39 is 15.3 Å². The van der Waals surface area contributed by atoms with E-state index in [1.165, 1.54) is 18.4 Å². The van der Waals surface area contributed by atoms with Crippen LogP contribution in [0.15, 0.2) is 24.3 Å². The van der Waals surface area contributed by atoms with Crippen LogP contribution in [0.4, 0.5) is 0 Å². The lowest BCUT2D eigenvalue weighted by Crippen LogP contribution is -2.48. The Balaban J connectivity index is 2.16. The fourth-order valence-electron chi connectivity index (χ4n) is 2.47. The molecule has 1 fully saturated rings. The molecule has 2 rings (SSSR count). The Kier molecular flexibility index (Phi) is 4.91. The average molecular weight is 331 g/mol. The third-order valence-corrected chi connectivity index (χ3v) is 6.15. The zero-order valence-corrected chi connectivity index (χ0v) is 13.7. The monoisotopic (exact) mass is 330 g/mol. The topological polar surface area (TPSA) is 57.7 Å². The van der Waals surface area contributed by atoms with E-state index in [0.717, 1.165) is 0 Å². The molecule has 0 spiro atoms. The highest BCUT2D eigenvalue weighted by molar-refractivity contribution is 7.89. The molecule has 0 aromatic heterocycles. The third kappa shape index (κ3) is 3.56. The van der Waals surface area contributed by atoms with Crippen molar-refractivity contribution in [1.82, 2.24) is 9.21 Å². The molecule has 1 atom stereocenters. The van der Waals surface area contributed by atoms with E-state index in [-0.39, 0.29) is 12.5 Å². The molecule has 1 aliphatic rings. The van der Waals surface area contributed by atoms with Crippen molar-refractivity contribution < 1.29 is 13.2 Å². The quantitative estimate of drug-likeness (QED) is 0.849. The summed E-state index contributed by atoms with van der Waals surface area (Å²) in [5.41, 5.74) is 0.491. The van der Waals surface area contributed by atoms with Gasteiger partial charge < -0.3 is 4.90 Å². The molecule has 1 saturated heterocycles. The van der Waals surface area contributed by atoms with E-state index in [1.54, 1.807) is 29.2 Å². The molecule has 1 aromatic rings. The maximum atomic E-state index is 12.5. The maximum Gasteiger partial charge on any atom is 0.253 e. The van der Waals surface area contributed by atoms with Crippen molar-refractivity contribution >= 4 is 27.5 Å². The predicted molar refractivity (Wildman–Crippen MR) is 83.0 cm³/mol. The van der Waals surface area contributed by atoms with Gasteiger partial charge in [0, 0.05) is 37.8 Å². The van der Waals surface area contributed by atoms with Gasteiger partial charge in [-0.25, -0.2) is 12.7 Å². The predicted octanol–water partition coefficient (Wildman–Crippen LogP) is 1.84. The summed E-state index contributed by atoms with van der Waals surface area (Å²) in [7, 11) is -0.302. The highest BCUT2D eigenvalue weighted by atomic mass is 35.5. The first-order valence-corrected chi connectivity index (χ1v) is 8.66. The number of nitrogens with zero attached hydrogens (tertiary/aromatic N) is 2. The number of carbonyl (C=O) groups is 1. The highest BCUT2D eigenvalue weighted by Gasteiger charge is 2.34. The molecule has 116 valence electrons. The second kappa shape index (κ2) is 6.34. The molecule has 1 unspecified atom stereocenters. The molecule has 0 saturated carbocycles. The van der Waals surface area contributed by atoms with Gasteiger partial charge in [-0.3, -0.25) is 4.79 Å². The number of likely N-dealkylation sites (tertiary alicyclic amines) is 1. The number of hydrogen-bond donors (Lipinski definition) is 0. The summed E-state index contributed by atoms with van der Waals surface area (Å²) >= 11 is 5.90. The van der Waals surface area contributed by atoms with Crippen LogP contribution in [-0.2, 0) is 10.0 Å². The van der Waals surface area contributed by atoms with Crippen molar-refractivity contribution in [2.45, 2.75) is 18.1 Å². The fraction of sp³-hybridized carbons (Fsp3) is 0.500. The van der Waals surface area contributed by atoms with E-state index in [4.69, 9.17) is 11.6 Å². The third-order valence-electron chi connectivity index (χ3n) is 3.67. The van der Waals surface area contributed by atoms with Gasteiger partial charge >= 0.3 is 0 Å². The Morgan fingerprint density at radius 2 is 2.10 bits per heavy atom. The van der Waals surface area contributed by atoms with Crippen LogP contribution in [0.2, 0.25) is 5.02 Å². The van der Waals surface area contributed by atoms with Gasteiger partial charge in [0.2, 0.25) is 10.0 Å². The second-order valence-electron chi connectivity index (χ2n) is 5.35. The molecule has 0 bridgehead atoms. The van der Waals surface area contributed by atoms with Crippen LogP contribution in [-0.4, -0.2) is 56.0 Å². The number of hydrogen-bond acceptors (Lipinski definition) is 3. The number of carbonyl (C=O) groups excluding carboxylic acids is 1. The second-order valence-corrected chi connectivity index (χ2v) is 8.22. The summed E-state index contributed by atoms with van der Waals surface area (Å²) in [6.45, 7) is 0.802. The smallest absolute Gasteiger partial charge is 0.253 e. The number of amides is 1. The minimum atomic E-state index is -3.34. The summed E-state index contributed by atoms with van der Waals surface area (Å²) in [6.07, 6.45) is 1.27. The van der Waals surface area contributed by atoms with Crippen molar-refractivity contribution in [3.63, 3.8) is 0 Å². The zero-order valence-electron chi connectivity index (χ0n) is 12.1. The van der Waals surface area contributed by atoms with Crippen molar-refractivity contribution in [2.24, 2.45) is 0 Å². The summed E-state index contributed by atoms with van der Waals surface area (Å²) < 4.78 is 25.6. The summed E-state index contributed by atoms with van der Waals surface area (Å²) in [5.74, 6) is -0.170. The van der Waals surface area contributed by atoms with E-state index in [2.05, 4.69) is 0 Å². The highest BCUT2D eigenvalue weighted by Crippen LogP contribution is 2.21. The standard InChI is InChI=1S/C14H19ClN2O3S/c1-16(2)21(19,20)13-7-4-8-17(10-13)14(18)11-5-3-6-12(15)9-11/h3,5-6,9,13H,4,7-8,10H2,1-2H3. The SMILES string of the molecule is CN(C)S(=O)(=O)C1CCCN(C(=O)c2cccc(Cl)c2)C1. The van der Waals surface area contributed by atoms with Gasteiger partial charge in [0.25, 0.3) is 5.91 Å². The van der Waals surface area contributed by atoms with E-state index in [0.29, 0.717) is 30.0 Å². The van der Waals surface area contributed by atoms with E-state index in [1.807, 2.05) is 0 Å². The van der Waals surface area contributed by atoms with Crippen LogP contribution >= 0.6 is 11.6 Å². The minimum Gasteiger partial charge on any atom is -0.337 e. The maximum absolute atomic E-state index is 12.5. The Morgan fingerprint density at radius 1 is 1.38 bits per heavy atom. The molecular formula is C14H19ClN2O3S. The molecule has 0 aliphatic carbocycles. The molecule has 1 aliphatic heterocycles. The first kappa shape index (κ1) is 16.3. The summed E-state index contributed by atoms with van der Waals surface area (Å²) in [6, 6.07) is 6.72. The molecular weight excluding hydrogens is 312 g/mol. The van der Waals surface area contributed by atoms with Crippen LogP contribution in [0.1, 0.15) is 23.2 Å². The zero-order chi connectivity index (χ0) is 15.6. The van der Waals surface area contributed by atoms with Gasteiger partial charge in [-0.2, -0.15) is 0 Å². The lowest BCUT2D eigenvalue weighted by molar-refractivity contribution is 0.0726. The minimum absolute atomic E-state index is 0.170. The van der Waals surface area contributed by atoms with Crippen LogP contribution in [0.3, 0.4) is 0 Å². The normalized spacial score (nSPS) is 19.8. The molecule has 0 N–H and O–H groups in total. The van der Waals surface area contributed by atoms with Crippen LogP contribution < -0.4 is 0 Å². The Bertz CT molecular complexity index is 631. The van der Waals surface area contributed by atoms with Crippen molar-refractivity contribution in [3.8, 4) is 0 Å². The first-order chi connectivity index (χ1) is 9.82.